The molecule has 0 amide bonds. The van der Waals surface area contributed by atoms with E-state index in [0.717, 1.165) is 6.92 Å². The smallest absolute Gasteiger partial charge is 0.294 e. The maximum absolute atomic E-state index is 12.2. The molecule has 76 valence electrons. The number of halogens is 3. The third kappa shape index (κ3) is 2.34. The minimum atomic E-state index is -4.47. The first kappa shape index (κ1) is 10.8. The average Bonchev–Trinajstić information content (AvgIpc) is 2.15. The van der Waals surface area contributed by atoms with Crippen LogP contribution in [0.25, 0.3) is 0 Å². The van der Waals surface area contributed by atoms with E-state index in [9.17, 15) is 18.0 Å². The van der Waals surface area contributed by atoms with Gasteiger partial charge in [-0.05, 0) is 6.92 Å². The number of Topliss-reactive ketones (excluding diaryl/α,β-unsaturated/α-hetero) is 1. The van der Waals surface area contributed by atoms with Crippen LogP contribution < -0.4 is 0 Å². The summed E-state index contributed by atoms with van der Waals surface area (Å²) in [4.78, 5) is 11.3. The number of hydrogen-bond donors (Lipinski definition) is 0. The minimum Gasteiger partial charge on any atom is -0.294 e. The molecule has 1 aromatic carbocycles. The van der Waals surface area contributed by atoms with Gasteiger partial charge in [0, 0.05) is 5.56 Å². The SMILES string of the molecule is C[C@H](C(=O)c1ccccc1)C(F)(F)F. The topological polar surface area (TPSA) is 17.1 Å². The number of alkyl halides is 3. The van der Waals surface area contributed by atoms with Gasteiger partial charge in [0.25, 0.3) is 0 Å². The second-order valence-electron chi connectivity index (χ2n) is 2.99. The van der Waals surface area contributed by atoms with Gasteiger partial charge in [0.05, 0.1) is 0 Å². The second kappa shape index (κ2) is 3.82. The fourth-order valence-electron chi connectivity index (χ4n) is 1.00. The molecular formula is C10H9F3O. The van der Waals surface area contributed by atoms with Crippen LogP contribution in [0.15, 0.2) is 30.3 Å². The lowest BCUT2D eigenvalue weighted by Gasteiger charge is -2.13. The Morgan fingerprint density at radius 1 is 1.21 bits per heavy atom. The van der Waals surface area contributed by atoms with Crippen LogP contribution in [0.4, 0.5) is 13.2 Å². The molecule has 0 aliphatic rings. The summed E-state index contributed by atoms with van der Waals surface area (Å²) in [6, 6.07) is 7.48. The van der Waals surface area contributed by atoms with Crippen molar-refractivity contribution >= 4 is 5.78 Å². The zero-order chi connectivity index (χ0) is 10.8. The lowest BCUT2D eigenvalue weighted by Crippen LogP contribution is -2.27. The van der Waals surface area contributed by atoms with Gasteiger partial charge in [0.1, 0.15) is 5.92 Å². The normalized spacial score (nSPS) is 13.7. The summed E-state index contributed by atoms with van der Waals surface area (Å²) >= 11 is 0. The Kier molecular flexibility index (Phi) is 2.93. The van der Waals surface area contributed by atoms with E-state index >= 15 is 0 Å². The van der Waals surface area contributed by atoms with E-state index in [1.54, 1.807) is 6.07 Å². The van der Waals surface area contributed by atoms with Crippen LogP contribution in [0.3, 0.4) is 0 Å². The fourth-order valence-corrected chi connectivity index (χ4v) is 1.00. The molecule has 1 nitrogen and oxygen atoms in total. The summed E-state index contributed by atoms with van der Waals surface area (Å²) < 4.78 is 36.5. The van der Waals surface area contributed by atoms with E-state index in [4.69, 9.17) is 0 Å². The number of rotatable bonds is 2. The summed E-state index contributed by atoms with van der Waals surface area (Å²) in [5.74, 6) is -2.83. The maximum Gasteiger partial charge on any atom is 0.398 e. The van der Waals surface area contributed by atoms with Crippen LogP contribution in [0.2, 0.25) is 0 Å². The summed E-state index contributed by atoms with van der Waals surface area (Å²) in [5, 5.41) is 0. The standard InChI is InChI=1S/C10H9F3O/c1-7(10(11,12)13)9(14)8-5-3-2-4-6-8/h2-7H,1H3/t7-/m1/s1. The van der Waals surface area contributed by atoms with Crippen LogP contribution >= 0.6 is 0 Å². The summed E-state index contributed by atoms with van der Waals surface area (Å²) in [7, 11) is 0. The number of hydrogen-bond acceptors (Lipinski definition) is 1. The van der Waals surface area contributed by atoms with Crippen molar-refractivity contribution in [1.82, 2.24) is 0 Å². The van der Waals surface area contributed by atoms with E-state index in [0.29, 0.717) is 0 Å². The molecule has 0 fully saturated rings. The van der Waals surface area contributed by atoms with E-state index in [1.807, 2.05) is 0 Å². The monoisotopic (exact) mass is 202 g/mol. The molecule has 14 heavy (non-hydrogen) atoms. The summed E-state index contributed by atoms with van der Waals surface area (Å²) in [6.07, 6.45) is -4.47. The first-order valence-corrected chi connectivity index (χ1v) is 4.09. The highest BCUT2D eigenvalue weighted by Gasteiger charge is 2.41. The Morgan fingerprint density at radius 2 is 1.71 bits per heavy atom. The Bertz CT molecular complexity index is 316. The van der Waals surface area contributed by atoms with Gasteiger partial charge >= 0.3 is 6.18 Å². The van der Waals surface area contributed by atoms with Gasteiger partial charge in [-0.1, -0.05) is 30.3 Å². The van der Waals surface area contributed by atoms with Crippen LogP contribution in [0.1, 0.15) is 17.3 Å². The number of benzene rings is 1. The van der Waals surface area contributed by atoms with Crippen molar-refractivity contribution in [3.63, 3.8) is 0 Å². The molecule has 0 spiro atoms. The van der Waals surface area contributed by atoms with Crippen molar-refractivity contribution in [1.29, 1.82) is 0 Å². The molecule has 0 heterocycles. The number of carbonyl (C=O) groups is 1. The van der Waals surface area contributed by atoms with Crippen molar-refractivity contribution in [3.8, 4) is 0 Å². The zero-order valence-electron chi connectivity index (χ0n) is 7.51. The van der Waals surface area contributed by atoms with Gasteiger partial charge < -0.3 is 0 Å². The Morgan fingerprint density at radius 3 is 2.14 bits per heavy atom. The molecule has 4 heteroatoms. The quantitative estimate of drug-likeness (QED) is 0.673. The van der Waals surface area contributed by atoms with Gasteiger partial charge in [0.2, 0.25) is 0 Å². The highest BCUT2D eigenvalue weighted by atomic mass is 19.4. The average molecular weight is 202 g/mol. The molecule has 0 saturated heterocycles. The Hall–Kier alpha value is -1.32. The summed E-state index contributed by atoms with van der Waals surface area (Å²) in [6.45, 7) is 0.870. The van der Waals surface area contributed by atoms with Crippen LogP contribution in [0.5, 0.6) is 0 Å². The molecule has 0 aliphatic heterocycles. The maximum atomic E-state index is 12.2. The van der Waals surface area contributed by atoms with Crippen LogP contribution in [0, 0.1) is 5.92 Å². The predicted octanol–water partition coefficient (Wildman–Crippen LogP) is 3.07. The van der Waals surface area contributed by atoms with Gasteiger partial charge in [0.15, 0.2) is 5.78 Å². The molecular weight excluding hydrogens is 193 g/mol. The molecule has 0 unspecified atom stereocenters. The van der Waals surface area contributed by atoms with Gasteiger partial charge in [-0.25, -0.2) is 0 Å². The van der Waals surface area contributed by atoms with Crippen LogP contribution in [-0.4, -0.2) is 12.0 Å². The lowest BCUT2D eigenvalue weighted by molar-refractivity contribution is -0.155. The van der Waals surface area contributed by atoms with Crippen molar-refractivity contribution in [2.45, 2.75) is 13.1 Å². The second-order valence-corrected chi connectivity index (χ2v) is 2.99. The third-order valence-corrected chi connectivity index (χ3v) is 1.94. The highest BCUT2D eigenvalue weighted by Crippen LogP contribution is 2.28. The predicted molar refractivity (Wildman–Crippen MR) is 46.0 cm³/mol. The van der Waals surface area contributed by atoms with Crippen LogP contribution in [-0.2, 0) is 0 Å². The molecule has 0 radical (unpaired) electrons. The largest absolute Gasteiger partial charge is 0.398 e. The van der Waals surface area contributed by atoms with E-state index in [1.165, 1.54) is 24.3 Å². The third-order valence-electron chi connectivity index (χ3n) is 1.94. The van der Waals surface area contributed by atoms with E-state index < -0.39 is 17.9 Å². The molecule has 1 rings (SSSR count). The van der Waals surface area contributed by atoms with Gasteiger partial charge in [-0.2, -0.15) is 13.2 Å². The fraction of sp³-hybridized carbons (Fsp3) is 0.300. The number of ketones is 1. The molecule has 0 bridgehead atoms. The van der Waals surface area contributed by atoms with E-state index in [-0.39, 0.29) is 5.56 Å². The minimum absolute atomic E-state index is 0.0947. The lowest BCUT2D eigenvalue weighted by atomic mass is 9.99. The molecule has 1 atom stereocenters. The van der Waals surface area contributed by atoms with Crippen molar-refractivity contribution in [2.75, 3.05) is 0 Å². The molecule has 0 aromatic heterocycles. The molecule has 0 aliphatic carbocycles. The van der Waals surface area contributed by atoms with Crippen molar-refractivity contribution in [3.05, 3.63) is 35.9 Å². The molecule has 0 N–H and O–H groups in total. The molecule has 0 saturated carbocycles. The number of carbonyl (C=O) groups excluding carboxylic acids is 1. The Labute approximate surface area is 79.5 Å². The van der Waals surface area contributed by atoms with E-state index in [2.05, 4.69) is 0 Å². The highest BCUT2D eigenvalue weighted by molar-refractivity contribution is 5.98. The van der Waals surface area contributed by atoms with Crippen molar-refractivity contribution < 1.29 is 18.0 Å². The van der Waals surface area contributed by atoms with Gasteiger partial charge in [-0.15, -0.1) is 0 Å². The first-order chi connectivity index (χ1) is 6.43. The first-order valence-electron chi connectivity index (χ1n) is 4.09. The van der Waals surface area contributed by atoms with Gasteiger partial charge in [-0.3, -0.25) is 4.79 Å². The van der Waals surface area contributed by atoms with Crippen molar-refractivity contribution in [2.24, 2.45) is 5.92 Å². The zero-order valence-corrected chi connectivity index (χ0v) is 7.51. The molecule has 1 aromatic rings. The summed E-state index contributed by atoms with van der Waals surface area (Å²) in [5.41, 5.74) is 0.0947. The Balaban J connectivity index is 2.87.